The molecule has 6 heteroatoms. The van der Waals surface area contributed by atoms with Crippen molar-refractivity contribution in [1.29, 1.82) is 0 Å². The van der Waals surface area contributed by atoms with Gasteiger partial charge in [0, 0.05) is 12.5 Å². The van der Waals surface area contributed by atoms with Gasteiger partial charge in [0.1, 0.15) is 5.82 Å². The second-order valence-corrected chi connectivity index (χ2v) is 5.36. The standard InChI is InChI=1S/C15H20FN3O2/c16-13-3-1-11(2-4-13)9-18-14(20)10-19-7-5-12(6-8-19)15(17)21/h1-4,12H,5-10H2,(H2,17,21)(H,18,20). The van der Waals surface area contributed by atoms with Crippen LogP contribution >= 0.6 is 0 Å². The number of nitrogens with one attached hydrogen (secondary N) is 1. The van der Waals surface area contributed by atoms with E-state index in [2.05, 4.69) is 5.32 Å². The van der Waals surface area contributed by atoms with Crippen LogP contribution in [0.1, 0.15) is 18.4 Å². The van der Waals surface area contributed by atoms with E-state index >= 15 is 0 Å². The Morgan fingerprint density at radius 2 is 1.86 bits per heavy atom. The van der Waals surface area contributed by atoms with Crippen LogP contribution in [0, 0.1) is 11.7 Å². The Morgan fingerprint density at radius 1 is 1.24 bits per heavy atom. The molecule has 1 fully saturated rings. The van der Waals surface area contributed by atoms with Crippen molar-refractivity contribution in [3.05, 3.63) is 35.6 Å². The van der Waals surface area contributed by atoms with Crippen LogP contribution in [-0.4, -0.2) is 36.3 Å². The molecule has 3 N–H and O–H groups in total. The van der Waals surface area contributed by atoms with E-state index in [-0.39, 0.29) is 23.5 Å². The summed E-state index contributed by atoms with van der Waals surface area (Å²) in [4.78, 5) is 24.9. The molecule has 1 aromatic carbocycles. The third kappa shape index (κ3) is 4.82. The number of halogens is 1. The van der Waals surface area contributed by atoms with E-state index in [1.165, 1.54) is 12.1 Å². The molecule has 0 atom stereocenters. The van der Waals surface area contributed by atoms with Crippen LogP contribution in [0.25, 0.3) is 0 Å². The first-order valence-electron chi connectivity index (χ1n) is 7.07. The normalized spacial score (nSPS) is 16.6. The summed E-state index contributed by atoms with van der Waals surface area (Å²) in [5.74, 6) is -0.682. The van der Waals surface area contributed by atoms with Crippen molar-refractivity contribution in [1.82, 2.24) is 10.2 Å². The minimum Gasteiger partial charge on any atom is -0.369 e. The maximum atomic E-state index is 12.8. The Balaban J connectivity index is 1.70. The highest BCUT2D eigenvalue weighted by molar-refractivity contribution is 5.78. The molecule has 1 aromatic rings. The topological polar surface area (TPSA) is 75.4 Å². The molecule has 0 aromatic heterocycles. The minimum atomic E-state index is -0.289. The molecule has 2 amide bonds. The summed E-state index contributed by atoms with van der Waals surface area (Å²) >= 11 is 0. The number of nitrogens with two attached hydrogens (primary N) is 1. The lowest BCUT2D eigenvalue weighted by Gasteiger charge is -2.29. The molecule has 21 heavy (non-hydrogen) atoms. The van der Waals surface area contributed by atoms with E-state index in [1.807, 2.05) is 4.90 Å². The highest BCUT2D eigenvalue weighted by Gasteiger charge is 2.23. The fourth-order valence-electron chi connectivity index (χ4n) is 2.44. The van der Waals surface area contributed by atoms with Crippen molar-refractivity contribution in [2.24, 2.45) is 11.7 Å². The third-order valence-electron chi connectivity index (χ3n) is 3.76. The van der Waals surface area contributed by atoms with Crippen molar-refractivity contribution in [3.8, 4) is 0 Å². The fraction of sp³-hybridized carbons (Fsp3) is 0.467. The van der Waals surface area contributed by atoms with Crippen LogP contribution in [0.3, 0.4) is 0 Å². The van der Waals surface area contributed by atoms with Gasteiger partial charge in [-0.05, 0) is 43.6 Å². The van der Waals surface area contributed by atoms with Crippen LogP contribution in [0.4, 0.5) is 4.39 Å². The Morgan fingerprint density at radius 3 is 2.43 bits per heavy atom. The molecular formula is C15H20FN3O2. The van der Waals surface area contributed by atoms with Gasteiger partial charge in [0.2, 0.25) is 11.8 Å². The summed E-state index contributed by atoms with van der Waals surface area (Å²) in [6, 6.07) is 6.04. The average Bonchev–Trinajstić information content (AvgIpc) is 2.47. The molecule has 5 nitrogen and oxygen atoms in total. The van der Waals surface area contributed by atoms with Gasteiger partial charge < -0.3 is 11.1 Å². The number of likely N-dealkylation sites (tertiary alicyclic amines) is 1. The number of primary amides is 1. The van der Waals surface area contributed by atoms with Crippen molar-refractivity contribution in [2.75, 3.05) is 19.6 Å². The lowest BCUT2D eigenvalue weighted by atomic mass is 9.96. The lowest BCUT2D eigenvalue weighted by molar-refractivity contribution is -0.124. The number of carbonyl (C=O) groups excluding carboxylic acids is 2. The second kappa shape index (κ2) is 7.17. The Hall–Kier alpha value is -1.95. The Kier molecular flexibility index (Phi) is 5.27. The maximum absolute atomic E-state index is 12.8. The van der Waals surface area contributed by atoms with Crippen LogP contribution in [0.15, 0.2) is 24.3 Å². The van der Waals surface area contributed by atoms with Gasteiger partial charge in [-0.1, -0.05) is 12.1 Å². The molecule has 0 bridgehead atoms. The van der Waals surface area contributed by atoms with E-state index in [1.54, 1.807) is 12.1 Å². The number of piperidine rings is 1. The molecule has 1 aliphatic rings. The number of nitrogens with zero attached hydrogens (tertiary/aromatic N) is 1. The molecule has 114 valence electrons. The number of carbonyl (C=O) groups is 2. The van der Waals surface area contributed by atoms with Gasteiger partial charge in [0.05, 0.1) is 6.54 Å². The van der Waals surface area contributed by atoms with E-state index in [0.29, 0.717) is 39.0 Å². The molecule has 0 spiro atoms. The molecule has 0 aliphatic carbocycles. The first kappa shape index (κ1) is 15.4. The summed E-state index contributed by atoms with van der Waals surface area (Å²) in [5.41, 5.74) is 6.13. The second-order valence-electron chi connectivity index (χ2n) is 5.36. The summed E-state index contributed by atoms with van der Waals surface area (Å²) in [6.45, 7) is 2.11. The number of hydrogen-bond acceptors (Lipinski definition) is 3. The molecule has 1 saturated heterocycles. The smallest absolute Gasteiger partial charge is 0.234 e. The van der Waals surface area contributed by atoms with Gasteiger partial charge >= 0.3 is 0 Å². The fourth-order valence-corrected chi connectivity index (χ4v) is 2.44. The summed E-state index contributed by atoms with van der Waals surface area (Å²) in [7, 11) is 0. The quantitative estimate of drug-likeness (QED) is 0.836. The third-order valence-corrected chi connectivity index (χ3v) is 3.76. The maximum Gasteiger partial charge on any atom is 0.234 e. The van der Waals surface area contributed by atoms with E-state index in [4.69, 9.17) is 5.73 Å². The number of amides is 2. The Labute approximate surface area is 123 Å². The first-order chi connectivity index (χ1) is 10.0. The Bertz CT molecular complexity index is 496. The van der Waals surface area contributed by atoms with Crippen LogP contribution in [0.2, 0.25) is 0 Å². The molecule has 1 heterocycles. The molecule has 2 rings (SSSR count). The zero-order chi connectivity index (χ0) is 15.2. The van der Waals surface area contributed by atoms with E-state index < -0.39 is 0 Å². The van der Waals surface area contributed by atoms with Crippen LogP contribution < -0.4 is 11.1 Å². The van der Waals surface area contributed by atoms with Gasteiger partial charge in [-0.2, -0.15) is 0 Å². The van der Waals surface area contributed by atoms with E-state index in [0.717, 1.165) is 5.56 Å². The number of rotatable bonds is 5. The molecule has 0 unspecified atom stereocenters. The average molecular weight is 293 g/mol. The van der Waals surface area contributed by atoms with Crippen molar-refractivity contribution in [2.45, 2.75) is 19.4 Å². The predicted molar refractivity (Wildman–Crippen MR) is 76.6 cm³/mol. The molecule has 0 saturated carbocycles. The number of hydrogen-bond donors (Lipinski definition) is 2. The largest absolute Gasteiger partial charge is 0.369 e. The minimum absolute atomic E-state index is 0.0662. The van der Waals surface area contributed by atoms with Gasteiger partial charge in [-0.15, -0.1) is 0 Å². The predicted octanol–water partition coefficient (Wildman–Crippen LogP) is 0.639. The highest BCUT2D eigenvalue weighted by atomic mass is 19.1. The summed E-state index contributed by atoms with van der Waals surface area (Å²) in [6.07, 6.45) is 1.42. The van der Waals surface area contributed by atoms with Crippen LogP contribution in [0.5, 0.6) is 0 Å². The first-order valence-corrected chi connectivity index (χ1v) is 7.07. The van der Waals surface area contributed by atoms with Crippen molar-refractivity contribution in [3.63, 3.8) is 0 Å². The molecular weight excluding hydrogens is 273 g/mol. The van der Waals surface area contributed by atoms with Crippen molar-refractivity contribution >= 4 is 11.8 Å². The monoisotopic (exact) mass is 293 g/mol. The molecule has 1 aliphatic heterocycles. The van der Waals surface area contributed by atoms with E-state index in [9.17, 15) is 14.0 Å². The molecule has 0 radical (unpaired) electrons. The highest BCUT2D eigenvalue weighted by Crippen LogP contribution is 2.16. The van der Waals surface area contributed by atoms with Gasteiger partial charge in [0.15, 0.2) is 0 Å². The summed E-state index contributed by atoms with van der Waals surface area (Å²) < 4.78 is 12.8. The SMILES string of the molecule is NC(=O)C1CCN(CC(=O)NCc2ccc(F)cc2)CC1. The lowest BCUT2D eigenvalue weighted by Crippen LogP contribution is -2.43. The zero-order valence-corrected chi connectivity index (χ0v) is 11.8. The van der Waals surface area contributed by atoms with Crippen LogP contribution in [-0.2, 0) is 16.1 Å². The zero-order valence-electron chi connectivity index (χ0n) is 11.8. The van der Waals surface area contributed by atoms with Gasteiger partial charge in [0.25, 0.3) is 0 Å². The number of benzene rings is 1. The van der Waals surface area contributed by atoms with Gasteiger partial charge in [-0.3, -0.25) is 14.5 Å². The summed E-state index contributed by atoms with van der Waals surface area (Å²) in [5, 5.41) is 2.81. The van der Waals surface area contributed by atoms with Gasteiger partial charge in [-0.25, -0.2) is 4.39 Å². The van der Waals surface area contributed by atoms with Crippen molar-refractivity contribution < 1.29 is 14.0 Å².